The lowest BCUT2D eigenvalue weighted by Crippen LogP contribution is -2.10. The summed E-state index contributed by atoms with van der Waals surface area (Å²) in [6.07, 6.45) is 0. The third-order valence-corrected chi connectivity index (χ3v) is 3.29. The van der Waals surface area contributed by atoms with Crippen LogP contribution in [0.1, 0.15) is 6.92 Å². The van der Waals surface area contributed by atoms with Crippen molar-refractivity contribution < 1.29 is 19.1 Å². The summed E-state index contributed by atoms with van der Waals surface area (Å²) in [5.74, 6) is -0.00596. The Morgan fingerprint density at radius 2 is 2.16 bits per heavy atom. The second kappa shape index (κ2) is 5.75. The highest BCUT2D eigenvalue weighted by molar-refractivity contribution is 8.00. The van der Waals surface area contributed by atoms with Crippen LogP contribution in [-0.2, 0) is 4.79 Å². The summed E-state index contributed by atoms with van der Waals surface area (Å²) in [5, 5.41) is 16.1. The summed E-state index contributed by atoms with van der Waals surface area (Å²) in [6.45, 7) is 1.56. The van der Waals surface area contributed by atoms with Crippen molar-refractivity contribution in [1.82, 2.24) is 10.2 Å². The Labute approximate surface area is 113 Å². The minimum Gasteiger partial charge on any atom is -0.496 e. The number of aromatic nitrogens is 2. The molecule has 100 valence electrons. The van der Waals surface area contributed by atoms with Gasteiger partial charge in [0.2, 0.25) is 0 Å². The molecular formula is C12H12N2O4S. The monoisotopic (exact) mass is 280 g/mol. The fourth-order valence-corrected chi connectivity index (χ4v) is 2.01. The molecule has 1 atom stereocenters. The zero-order chi connectivity index (χ0) is 13.8. The predicted octanol–water partition coefficient (Wildman–Crippen LogP) is 2.31. The van der Waals surface area contributed by atoms with E-state index < -0.39 is 11.2 Å². The van der Waals surface area contributed by atoms with Gasteiger partial charge in [-0.3, -0.25) is 4.79 Å². The first-order chi connectivity index (χ1) is 9.11. The molecule has 0 bridgehead atoms. The quantitative estimate of drug-likeness (QED) is 0.841. The van der Waals surface area contributed by atoms with Crippen molar-refractivity contribution in [3.05, 3.63) is 24.3 Å². The second-order valence-electron chi connectivity index (χ2n) is 3.67. The number of carboxylic acid groups (broad SMARTS) is 1. The van der Waals surface area contributed by atoms with Gasteiger partial charge in [-0.15, -0.1) is 10.2 Å². The van der Waals surface area contributed by atoms with Gasteiger partial charge >= 0.3 is 5.97 Å². The molecule has 0 aliphatic rings. The molecule has 0 radical (unpaired) electrons. The predicted molar refractivity (Wildman–Crippen MR) is 69.2 cm³/mol. The van der Waals surface area contributed by atoms with Crippen molar-refractivity contribution in [1.29, 1.82) is 0 Å². The lowest BCUT2D eigenvalue weighted by Gasteiger charge is -2.03. The molecule has 1 aromatic heterocycles. The third-order valence-electron chi connectivity index (χ3n) is 2.37. The van der Waals surface area contributed by atoms with Crippen LogP contribution in [0.4, 0.5) is 0 Å². The number of carbonyl (C=O) groups is 1. The molecule has 1 N–H and O–H groups in total. The summed E-state index contributed by atoms with van der Waals surface area (Å²) in [5.41, 5.74) is 0.673. The molecule has 0 aliphatic carbocycles. The molecule has 7 heteroatoms. The van der Waals surface area contributed by atoms with Crippen LogP contribution in [0, 0.1) is 0 Å². The Morgan fingerprint density at radius 3 is 2.84 bits per heavy atom. The SMILES string of the molecule is COc1ccccc1-c1nnc(SC(C)C(=O)O)o1. The molecule has 0 saturated carbocycles. The molecule has 19 heavy (non-hydrogen) atoms. The highest BCUT2D eigenvalue weighted by Gasteiger charge is 2.18. The molecule has 0 saturated heterocycles. The first kappa shape index (κ1) is 13.4. The van der Waals surface area contributed by atoms with Crippen molar-refractivity contribution >= 4 is 17.7 Å². The molecule has 1 heterocycles. The van der Waals surface area contributed by atoms with E-state index in [9.17, 15) is 4.79 Å². The largest absolute Gasteiger partial charge is 0.496 e. The van der Waals surface area contributed by atoms with Gasteiger partial charge in [0.15, 0.2) is 0 Å². The summed E-state index contributed by atoms with van der Waals surface area (Å²) >= 11 is 1.000. The van der Waals surface area contributed by atoms with Gasteiger partial charge in [-0.1, -0.05) is 23.9 Å². The number of carboxylic acids is 1. The van der Waals surface area contributed by atoms with Gasteiger partial charge in [-0.2, -0.15) is 0 Å². The average molecular weight is 280 g/mol. The molecule has 1 aromatic carbocycles. The van der Waals surface area contributed by atoms with Crippen molar-refractivity contribution in [3.63, 3.8) is 0 Å². The van der Waals surface area contributed by atoms with Crippen LogP contribution < -0.4 is 4.74 Å². The molecule has 0 aliphatic heterocycles. The van der Waals surface area contributed by atoms with E-state index in [-0.39, 0.29) is 5.22 Å². The Kier molecular flexibility index (Phi) is 4.06. The highest BCUT2D eigenvalue weighted by Crippen LogP contribution is 2.31. The minimum atomic E-state index is -0.929. The maximum absolute atomic E-state index is 10.8. The Bertz CT molecular complexity index is 585. The van der Waals surface area contributed by atoms with Crippen molar-refractivity contribution in [2.75, 3.05) is 7.11 Å². The normalized spacial score (nSPS) is 12.1. The number of hydrogen-bond donors (Lipinski definition) is 1. The Morgan fingerprint density at radius 1 is 1.42 bits per heavy atom. The number of benzene rings is 1. The maximum atomic E-state index is 10.8. The van der Waals surface area contributed by atoms with Gasteiger partial charge in [0, 0.05) is 0 Å². The van der Waals surface area contributed by atoms with E-state index in [1.165, 1.54) is 0 Å². The number of rotatable bonds is 5. The van der Waals surface area contributed by atoms with Gasteiger partial charge in [0.1, 0.15) is 11.0 Å². The Hall–Kier alpha value is -2.02. The van der Waals surface area contributed by atoms with Crippen LogP contribution >= 0.6 is 11.8 Å². The van der Waals surface area contributed by atoms with Gasteiger partial charge in [-0.05, 0) is 19.1 Å². The zero-order valence-corrected chi connectivity index (χ0v) is 11.2. The van der Waals surface area contributed by atoms with E-state index in [2.05, 4.69) is 10.2 Å². The number of nitrogens with zero attached hydrogens (tertiary/aromatic N) is 2. The molecule has 2 rings (SSSR count). The van der Waals surface area contributed by atoms with Crippen LogP contribution in [0.3, 0.4) is 0 Å². The molecule has 0 amide bonds. The van der Waals surface area contributed by atoms with Gasteiger partial charge in [-0.25, -0.2) is 0 Å². The Balaban J connectivity index is 2.23. The van der Waals surface area contributed by atoms with E-state index in [0.29, 0.717) is 17.2 Å². The van der Waals surface area contributed by atoms with E-state index in [1.807, 2.05) is 12.1 Å². The van der Waals surface area contributed by atoms with Crippen molar-refractivity contribution in [3.8, 4) is 17.2 Å². The summed E-state index contributed by atoms with van der Waals surface area (Å²) in [4.78, 5) is 10.8. The van der Waals surface area contributed by atoms with Crippen LogP contribution in [0.2, 0.25) is 0 Å². The fourth-order valence-electron chi connectivity index (χ4n) is 1.39. The minimum absolute atomic E-state index is 0.218. The number of para-hydroxylation sites is 1. The molecule has 0 fully saturated rings. The van der Waals surface area contributed by atoms with Gasteiger partial charge in [0.05, 0.1) is 12.7 Å². The van der Waals surface area contributed by atoms with Crippen LogP contribution in [-0.4, -0.2) is 33.6 Å². The van der Waals surface area contributed by atoms with E-state index in [1.54, 1.807) is 26.2 Å². The first-order valence-electron chi connectivity index (χ1n) is 5.48. The van der Waals surface area contributed by atoms with Gasteiger partial charge < -0.3 is 14.3 Å². The maximum Gasteiger partial charge on any atom is 0.316 e. The molecule has 2 aromatic rings. The van der Waals surface area contributed by atoms with E-state index in [0.717, 1.165) is 11.8 Å². The lowest BCUT2D eigenvalue weighted by molar-refractivity contribution is -0.136. The molecule has 6 nitrogen and oxygen atoms in total. The van der Waals surface area contributed by atoms with Gasteiger partial charge in [0.25, 0.3) is 11.1 Å². The number of aliphatic carboxylic acids is 1. The number of ether oxygens (including phenoxy) is 1. The summed E-state index contributed by atoms with van der Waals surface area (Å²) in [6, 6.07) is 7.24. The zero-order valence-electron chi connectivity index (χ0n) is 10.4. The fraction of sp³-hybridized carbons (Fsp3) is 0.250. The third kappa shape index (κ3) is 3.05. The molecule has 0 spiro atoms. The standard InChI is InChI=1S/C12H12N2O4S/c1-7(11(15)16)19-12-14-13-10(18-12)8-5-3-4-6-9(8)17-2/h3-7H,1-2H3,(H,15,16). The number of methoxy groups -OCH3 is 1. The smallest absolute Gasteiger partial charge is 0.316 e. The average Bonchev–Trinajstić information content (AvgIpc) is 2.86. The summed E-state index contributed by atoms with van der Waals surface area (Å²) < 4.78 is 10.6. The van der Waals surface area contributed by atoms with Crippen molar-refractivity contribution in [2.24, 2.45) is 0 Å². The topological polar surface area (TPSA) is 85.5 Å². The van der Waals surface area contributed by atoms with E-state index in [4.69, 9.17) is 14.3 Å². The number of hydrogen-bond acceptors (Lipinski definition) is 6. The van der Waals surface area contributed by atoms with Crippen molar-refractivity contribution in [2.45, 2.75) is 17.4 Å². The second-order valence-corrected chi connectivity index (χ2v) is 4.96. The molecule has 1 unspecified atom stereocenters. The lowest BCUT2D eigenvalue weighted by atomic mass is 10.2. The summed E-state index contributed by atoms with van der Waals surface area (Å²) in [7, 11) is 1.55. The molecular weight excluding hydrogens is 268 g/mol. The van der Waals surface area contributed by atoms with Crippen LogP contribution in [0.5, 0.6) is 5.75 Å². The first-order valence-corrected chi connectivity index (χ1v) is 6.36. The van der Waals surface area contributed by atoms with Crippen LogP contribution in [0.25, 0.3) is 11.5 Å². The highest BCUT2D eigenvalue weighted by atomic mass is 32.2. The van der Waals surface area contributed by atoms with Crippen LogP contribution in [0.15, 0.2) is 33.9 Å². The van der Waals surface area contributed by atoms with E-state index >= 15 is 0 Å². The number of thioether (sulfide) groups is 1.